The molecular formula is C28H33N5O2. The molecule has 0 unspecified atom stereocenters. The van der Waals surface area contributed by atoms with Gasteiger partial charge in [0.15, 0.2) is 0 Å². The lowest BCUT2D eigenvalue weighted by molar-refractivity contribution is 0.0938. The first kappa shape index (κ1) is 24.4. The zero-order chi connectivity index (χ0) is 24.8. The van der Waals surface area contributed by atoms with E-state index in [9.17, 15) is 4.79 Å². The lowest BCUT2D eigenvalue weighted by Crippen LogP contribution is -2.33. The Morgan fingerprint density at radius 3 is 2.49 bits per heavy atom. The average molecular weight is 472 g/mol. The van der Waals surface area contributed by atoms with Gasteiger partial charge in [-0.3, -0.25) is 4.79 Å². The van der Waals surface area contributed by atoms with Crippen molar-refractivity contribution in [3.05, 3.63) is 83.4 Å². The first-order chi connectivity index (χ1) is 16.9. The summed E-state index contributed by atoms with van der Waals surface area (Å²) in [6, 6.07) is 20.0. The van der Waals surface area contributed by atoms with Gasteiger partial charge in [0.05, 0.1) is 5.69 Å². The highest BCUT2D eigenvalue weighted by molar-refractivity contribution is 5.94. The molecule has 0 fully saturated rings. The van der Waals surface area contributed by atoms with Crippen molar-refractivity contribution < 1.29 is 9.21 Å². The van der Waals surface area contributed by atoms with E-state index in [1.807, 2.05) is 60.1 Å². The molecule has 7 heteroatoms. The molecule has 4 aromatic rings. The molecule has 0 saturated heterocycles. The van der Waals surface area contributed by atoms with Crippen LogP contribution in [-0.4, -0.2) is 31.9 Å². The topological polar surface area (TPSA) is 85.8 Å². The quantitative estimate of drug-likeness (QED) is 0.327. The summed E-state index contributed by atoms with van der Waals surface area (Å²) in [5.41, 5.74) is 4.38. The molecule has 1 amide bonds. The molecule has 35 heavy (non-hydrogen) atoms. The van der Waals surface area contributed by atoms with E-state index < -0.39 is 0 Å². The summed E-state index contributed by atoms with van der Waals surface area (Å²) < 4.78 is 7.48. The summed E-state index contributed by atoms with van der Waals surface area (Å²) in [5.74, 6) is 1.37. The minimum Gasteiger partial charge on any atom is -0.420 e. The molecule has 0 radical (unpaired) electrons. The SMILES string of the molecule is Cc1nnc(-c2cc(CCC(C)C)n(-c3cccc(C(=O)N[C@@H](C)CCc4ccccc4)c3)n2)o1. The number of carbonyl (C=O) groups excluding carboxylic acids is 1. The van der Waals surface area contributed by atoms with Gasteiger partial charge in [-0.2, -0.15) is 5.10 Å². The molecular weight excluding hydrogens is 438 g/mol. The second-order valence-electron chi connectivity index (χ2n) is 9.44. The number of aromatic nitrogens is 4. The van der Waals surface area contributed by atoms with E-state index in [-0.39, 0.29) is 11.9 Å². The molecule has 0 aliphatic carbocycles. The van der Waals surface area contributed by atoms with Crippen molar-refractivity contribution >= 4 is 5.91 Å². The summed E-state index contributed by atoms with van der Waals surface area (Å²) >= 11 is 0. The van der Waals surface area contributed by atoms with E-state index in [0.717, 1.165) is 37.1 Å². The van der Waals surface area contributed by atoms with E-state index in [2.05, 4.69) is 41.5 Å². The van der Waals surface area contributed by atoms with Crippen LogP contribution in [0.5, 0.6) is 0 Å². The standard InChI is InChI=1S/C28H33N5O2/c1-19(2)13-16-25-18-26(28-31-30-21(4)35-28)32-33(25)24-12-8-11-23(17-24)27(34)29-20(3)14-15-22-9-6-5-7-10-22/h5-12,17-20H,13-16H2,1-4H3,(H,29,34)/t20-/m0/s1. The Labute approximate surface area is 206 Å². The molecule has 7 nitrogen and oxygen atoms in total. The van der Waals surface area contributed by atoms with Gasteiger partial charge >= 0.3 is 0 Å². The fourth-order valence-corrected chi connectivity index (χ4v) is 3.95. The zero-order valence-electron chi connectivity index (χ0n) is 20.9. The Morgan fingerprint density at radius 1 is 0.971 bits per heavy atom. The molecule has 0 aliphatic heterocycles. The van der Waals surface area contributed by atoms with Crippen LogP contribution in [0, 0.1) is 12.8 Å². The van der Waals surface area contributed by atoms with Gasteiger partial charge in [0.2, 0.25) is 5.89 Å². The van der Waals surface area contributed by atoms with Crippen molar-refractivity contribution in [1.29, 1.82) is 0 Å². The van der Waals surface area contributed by atoms with Crippen LogP contribution in [-0.2, 0) is 12.8 Å². The number of amides is 1. The minimum atomic E-state index is -0.0870. The highest BCUT2D eigenvalue weighted by Crippen LogP contribution is 2.23. The molecule has 4 rings (SSSR count). The fourth-order valence-electron chi connectivity index (χ4n) is 3.95. The van der Waals surface area contributed by atoms with Crippen LogP contribution in [0.3, 0.4) is 0 Å². The Kier molecular flexibility index (Phi) is 7.75. The van der Waals surface area contributed by atoms with Crippen molar-refractivity contribution in [3.8, 4) is 17.3 Å². The van der Waals surface area contributed by atoms with E-state index in [1.165, 1.54) is 5.56 Å². The summed E-state index contributed by atoms with van der Waals surface area (Å²) in [6.45, 7) is 8.21. The molecule has 2 aromatic carbocycles. The zero-order valence-corrected chi connectivity index (χ0v) is 20.9. The van der Waals surface area contributed by atoms with Crippen LogP contribution in [0.15, 0.2) is 65.1 Å². The van der Waals surface area contributed by atoms with Crippen molar-refractivity contribution in [3.63, 3.8) is 0 Å². The summed E-state index contributed by atoms with van der Waals surface area (Å²) in [6.07, 6.45) is 3.67. The Balaban J connectivity index is 1.51. The predicted molar refractivity (Wildman–Crippen MR) is 136 cm³/mol. The second-order valence-corrected chi connectivity index (χ2v) is 9.44. The van der Waals surface area contributed by atoms with Gasteiger partial charge in [-0.25, -0.2) is 4.68 Å². The van der Waals surface area contributed by atoms with Gasteiger partial charge < -0.3 is 9.73 Å². The number of hydrogen-bond donors (Lipinski definition) is 1. The van der Waals surface area contributed by atoms with Gasteiger partial charge in [-0.1, -0.05) is 50.2 Å². The normalized spacial score (nSPS) is 12.1. The van der Waals surface area contributed by atoms with Crippen LogP contribution in [0.1, 0.15) is 61.1 Å². The molecule has 2 heterocycles. The molecule has 1 atom stereocenters. The number of hydrogen-bond acceptors (Lipinski definition) is 5. The van der Waals surface area contributed by atoms with Gasteiger partial charge in [0.25, 0.3) is 11.8 Å². The molecule has 0 aliphatic rings. The third-order valence-electron chi connectivity index (χ3n) is 5.95. The Hall–Kier alpha value is -3.74. The van der Waals surface area contributed by atoms with E-state index in [0.29, 0.717) is 29.0 Å². The van der Waals surface area contributed by atoms with Crippen molar-refractivity contribution in [1.82, 2.24) is 25.3 Å². The van der Waals surface area contributed by atoms with Gasteiger partial charge in [0, 0.05) is 24.2 Å². The average Bonchev–Trinajstić information content (AvgIpc) is 3.48. The van der Waals surface area contributed by atoms with Crippen LogP contribution < -0.4 is 5.32 Å². The van der Waals surface area contributed by atoms with Crippen molar-refractivity contribution in [2.45, 2.75) is 59.4 Å². The van der Waals surface area contributed by atoms with Gasteiger partial charge in [0.1, 0.15) is 5.69 Å². The van der Waals surface area contributed by atoms with Gasteiger partial charge in [-0.15, -0.1) is 10.2 Å². The van der Waals surface area contributed by atoms with Crippen LogP contribution >= 0.6 is 0 Å². The maximum Gasteiger partial charge on any atom is 0.268 e. The van der Waals surface area contributed by atoms with E-state index in [4.69, 9.17) is 9.52 Å². The van der Waals surface area contributed by atoms with Crippen LogP contribution in [0.2, 0.25) is 0 Å². The Morgan fingerprint density at radius 2 is 1.77 bits per heavy atom. The number of carbonyl (C=O) groups is 1. The molecule has 2 aromatic heterocycles. The van der Waals surface area contributed by atoms with E-state index >= 15 is 0 Å². The first-order valence-electron chi connectivity index (χ1n) is 12.2. The molecule has 182 valence electrons. The lowest BCUT2D eigenvalue weighted by Gasteiger charge is -2.15. The third-order valence-corrected chi connectivity index (χ3v) is 5.95. The summed E-state index contributed by atoms with van der Waals surface area (Å²) in [5, 5.41) is 15.9. The Bertz CT molecular complexity index is 1260. The number of aryl methyl sites for hydroxylation is 3. The largest absolute Gasteiger partial charge is 0.420 e. The summed E-state index contributed by atoms with van der Waals surface area (Å²) in [4.78, 5) is 13.0. The molecule has 0 saturated carbocycles. The number of nitrogens with zero attached hydrogens (tertiary/aromatic N) is 4. The molecule has 0 bridgehead atoms. The maximum absolute atomic E-state index is 13.0. The minimum absolute atomic E-state index is 0.0602. The highest BCUT2D eigenvalue weighted by Gasteiger charge is 2.17. The van der Waals surface area contributed by atoms with Crippen molar-refractivity contribution in [2.75, 3.05) is 0 Å². The molecule has 1 N–H and O–H groups in total. The monoisotopic (exact) mass is 471 g/mol. The van der Waals surface area contributed by atoms with Crippen LogP contribution in [0.4, 0.5) is 0 Å². The first-order valence-corrected chi connectivity index (χ1v) is 12.2. The predicted octanol–water partition coefficient (Wildman–Crippen LogP) is 5.57. The van der Waals surface area contributed by atoms with Crippen molar-refractivity contribution in [2.24, 2.45) is 5.92 Å². The molecule has 0 spiro atoms. The maximum atomic E-state index is 13.0. The smallest absolute Gasteiger partial charge is 0.268 e. The fraction of sp³-hybridized carbons (Fsp3) is 0.357. The lowest BCUT2D eigenvalue weighted by atomic mass is 10.1. The van der Waals surface area contributed by atoms with Crippen LogP contribution in [0.25, 0.3) is 17.3 Å². The van der Waals surface area contributed by atoms with Gasteiger partial charge in [-0.05, 0) is 68.4 Å². The number of benzene rings is 2. The number of nitrogens with one attached hydrogen (secondary N) is 1. The highest BCUT2D eigenvalue weighted by atomic mass is 16.4. The summed E-state index contributed by atoms with van der Waals surface area (Å²) in [7, 11) is 0. The second kappa shape index (κ2) is 11.1. The van der Waals surface area contributed by atoms with E-state index in [1.54, 1.807) is 6.92 Å². The third kappa shape index (κ3) is 6.44. The number of rotatable bonds is 10.